The molecule has 1 heterocycles. The van der Waals surface area contributed by atoms with Gasteiger partial charge in [-0.25, -0.2) is 4.99 Å². The highest BCUT2D eigenvalue weighted by Crippen LogP contribution is 2.13. The van der Waals surface area contributed by atoms with E-state index in [0.29, 0.717) is 19.0 Å². The summed E-state index contributed by atoms with van der Waals surface area (Å²) in [6.45, 7) is 1.47. The summed E-state index contributed by atoms with van der Waals surface area (Å²) in [5.74, 6) is 1.50. The lowest BCUT2D eigenvalue weighted by molar-refractivity contribution is -0.127. The summed E-state index contributed by atoms with van der Waals surface area (Å²) < 4.78 is 5.20. The van der Waals surface area contributed by atoms with E-state index in [4.69, 9.17) is 4.74 Å². The number of thiophene rings is 1. The number of carbonyl (C=O) groups is 1. The monoisotopic (exact) mass is 502 g/mol. The summed E-state index contributed by atoms with van der Waals surface area (Å²) >= 11 is 1.69. The average Bonchev–Trinajstić information content (AvgIpc) is 3.15. The fraction of sp³-hybridized carbons (Fsp3) is 0.368. The molecule has 27 heavy (non-hydrogen) atoms. The standard InChI is InChI=1S/C19H26N4O2S.HI/c1-22(2)18(24)13-21-19(20-12-17-6-5-11-26-17)23(3)14-15-7-9-16(25-4)10-8-15;/h5-11H,12-14H2,1-4H3,(H,20,21);1H. The van der Waals surface area contributed by atoms with Crippen molar-refractivity contribution in [1.29, 1.82) is 0 Å². The Labute approximate surface area is 182 Å². The van der Waals surface area contributed by atoms with Crippen LogP contribution < -0.4 is 10.1 Å². The van der Waals surface area contributed by atoms with Gasteiger partial charge in [-0.15, -0.1) is 35.3 Å². The molecular weight excluding hydrogens is 475 g/mol. The summed E-state index contributed by atoms with van der Waals surface area (Å²) in [7, 11) is 7.09. The molecule has 148 valence electrons. The largest absolute Gasteiger partial charge is 0.497 e. The molecule has 0 aliphatic heterocycles. The molecule has 2 aromatic rings. The van der Waals surface area contributed by atoms with E-state index in [2.05, 4.69) is 16.4 Å². The molecule has 0 atom stereocenters. The molecule has 0 bridgehead atoms. The van der Waals surface area contributed by atoms with Crippen LogP contribution in [-0.2, 0) is 17.9 Å². The van der Waals surface area contributed by atoms with Crippen molar-refractivity contribution in [2.24, 2.45) is 4.99 Å². The Morgan fingerprint density at radius 2 is 1.89 bits per heavy atom. The summed E-state index contributed by atoms with van der Waals surface area (Å²) in [6, 6.07) is 12.0. The van der Waals surface area contributed by atoms with Crippen molar-refractivity contribution < 1.29 is 9.53 Å². The maximum atomic E-state index is 11.9. The Morgan fingerprint density at radius 1 is 1.19 bits per heavy atom. The van der Waals surface area contributed by atoms with Gasteiger partial charge in [-0.2, -0.15) is 0 Å². The highest BCUT2D eigenvalue weighted by molar-refractivity contribution is 14.0. The summed E-state index contributed by atoms with van der Waals surface area (Å²) in [6.07, 6.45) is 0. The number of benzene rings is 1. The minimum absolute atomic E-state index is 0. The topological polar surface area (TPSA) is 57.2 Å². The van der Waals surface area contributed by atoms with Gasteiger partial charge in [0.1, 0.15) is 12.3 Å². The van der Waals surface area contributed by atoms with E-state index in [1.807, 2.05) is 47.7 Å². The number of hydrogen-bond acceptors (Lipinski definition) is 4. The molecule has 0 unspecified atom stereocenters. The highest BCUT2D eigenvalue weighted by atomic mass is 127. The third-order valence-electron chi connectivity index (χ3n) is 3.80. The lowest BCUT2D eigenvalue weighted by Gasteiger charge is -2.23. The lowest BCUT2D eigenvalue weighted by Crippen LogP contribution is -2.39. The number of amides is 1. The van der Waals surface area contributed by atoms with Crippen LogP contribution in [0.15, 0.2) is 46.8 Å². The van der Waals surface area contributed by atoms with Crippen LogP contribution in [0, 0.1) is 0 Å². The lowest BCUT2D eigenvalue weighted by atomic mass is 10.2. The van der Waals surface area contributed by atoms with E-state index in [1.165, 1.54) is 4.88 Å². The van der Waals surface area contributed by atoms with Crippen molar-refractivity contribution in [3.8, 4) is 5.75 Å². The van der Waals surface area contributed by atoms with Crippen molar-refractivity contribution in [1.82, 2.24) is 15.1 Å². The number of rotatable bonds is 7. The number of guanidine groups is 1. The second-order valence-electron chi connectivity index (χ2n) is 6.07. The molecule has 1 aromatic heterocycles. The first kappa shape index (κ1) is 23.2. The molecule has 2 rings (SSSR count). The average molecular weight is 502 g/mol. The van der Waals surface area contributed by atoms with E-state index >= 15 is 0 Å². The fourth-order valence-electron chi connectivity index (χ4n) is 2.25. The number of halogens is 1. The summed E-state index contributed by atoms with van der Waals surface area (Å²) in [5, 5.41) is 5.40. The van der Waals surface area contributed by atoms with Crippen molar-refractivity contribution in [3.63, 3.8) is 0 Å². The zero-order valence-electron chi connectivity index (χ0n) is 16.1. The van der Waals surface area contributed by atoms with E-state index in [0.717, 1.165) is 11.3 Å². The van der Waals surface area contributed by atoms with Gasteiger partial charge < -0.3 is 19.9 Å². The van der Waals surface area contributed by atoms with Crippen LogP contribution in [0.5, 0.6) is 5.75 Å². The molecule has 1 N–H and O–H groups in total. The van der Waals surface area contributed by atoms with Gasteiger partial charge in [0.25, 0.3) is 0 Å². The maximum Gasteiger partial charge on any atom is 0.243 e. The minimum atomic E-state index is -0.0294. The number of methoxy groups -OCH3 is 1. The molecule has 8 heteroatoms. The molecule has 0 spiro atoms. The number of hydrogen-bond donors (Lipinski definition) is 1. The van der Waals surface area contributed by atoms with Gasteiger partial charge in [0.15, 0.2) is 5.96 Å². The second-order valence-corrected chi connectivity index (χ2v) is 7.10. The van der Waals surface area contributed by atoms with Gasteiger partial charge in [-0.3, -0.25) is 4.79 Å². The second kappa shape index (κ2) is 11.8. The highest BCUT2D eigenvalue weighted by Gasteiger charge is 2.10. The minimum Gasteiger partial charge on any atom is -0.497 e. The van der Waals surface area contributed by atoms with Crippen LogP contribution in [0.25, 0.3) is 0 Å². The van der Waals surface area contributed by atoms with Gasteiger partial charge in [-0.1, -0.05) is 18.2 Å². The number of carbonyl (C=O) groups excluding carboxylic acids is 1. The molecule has 0 fully saturated rings. The van der Waals surface area contributed by atoms with Crippen molar-refractivity contribution in [2.45, 2.75) is 13.1 Å². The molecule has 0 saturated carbocycles. The number of likely N-dealkylation sites (N-methyl/N-ethyl adjacent to an activating group) is 1. The predicted octanol–water partition coefficient (Wildman–Crippen LogP) is 3.04. The number of nitrogens with one attached hydrogen (secondary N) is 1. The Hall–Kier alpha value is -1.81. The van der Waals surface area contributed by atoms with Crippen LogP contribution in [0.2, 0.25) is 0 Å². The van der Waals surface area contributed by atoms with E-state index in [9.17, 15) is 4.79 Å². The fourth-order valence-corrected chi connectivity index (χ4v) is 2.90. The van der Waals surface area contributed by atoms with Gasteiger partial charge in [-0.05, 0) is 29.1 Å². The molecule has 1 amide bonds. The van der Waals surface area contributed by atoms with E-state index in [1.54, 1.807) is 37.4 Å². The Bertz CT molecular complexity index is 718. The van der Waals surface area contributed by atoms with Gasteiger partial charge in [0.2, 0.25) is 5.91 Å². The van der Waals surface area contributed by atoms with Crippen LogP contribution in [0.3, 0.4) is 0 Å². The Kier molecular flexibility index (Phi) is 10.2. The molecule has 0 saturated heterocycles. The van der Waals surface area contributed by atoms with Crippen LogP contribution in [0.4, 0.5) is 0 Å². The first-order valence-electron chi connectivity index (χ1n) is 8.34. The third kappa shape index (κ3) is 7.76. The number of aliphatic imine (C=N–C) groups is 1. The van der Waals surface area contributed by atoms with Gasteiger partial charge in [0.05, 0.1) is 13.7 Å². The molecular formula is C19H27IN4O2S. The smallest absolute Gasteiger partial charge is 0.243 e. The predicted molar refractivity (Wildman–Crippen MR) is 122 cm³/mol. The first-order chi connectivity index (χ1) is 12.5. The number of ether oxygens (including phenoxy) is 1. The molecule has 0 aliphatic rings. The Morgan fingerprint density at radius 3 is 2.44 bits per heavy atom. The normalized spacial score (nSPS) is 10.7. The zero-order valence-corrected chi connectivity index (χ0v) is 19.3. The molecule has 0 aliphatic carbocycles. The van der Waals surface area contributed by atoms with Crippen molar-refractivity contribution in [3.05, 3.63) is 52.2 Å². The summed E-state index contributed by atoms with van der Waals surface area (Å²) in [4.78, 5) is 21.2. The maximum absolute atomic E-state index is 11.9. The van der Waals surface area contributed by atoms with Gasteiger partial charge in [0, 0.05) is 32.6 Å². The van der Waals surface area contributed by atoms with E-state index < -0.39 is 0 Å². The van der Waals surface area contributed by atoms with Gasteiger partial charge >= 0.3 is 0 Å². The molecule has 6 nitrogen and oxygen atoms in total. The van der Waals surface area contributed by atoms with E-state index in [-0.39, 0.29) is 36.4 Å². The zero-order chi connectivity index (χ0) is 18.9. The third-order valence-corrected chi connectivity index (χ3v) is 4.68. The van der Waals surface area contributed by atoms with Crippen molar-refractivity contribution >= 4 is 47.2 Å². The summed E-state index contributed by atoms with van der Waals surface area (Å²) in [5.41, 5.74) is 1.14. The first-order valence-corrected chi connectivity index (χ1v) is 9.22. The SMILES string of the molecule is COc1ccc(CN(C)C(=NCC(=O)N(C)C)NCc2cccs2)cc1.I. The quantitative estimate of drug-likeness (QED) is 0.360. The molecule has 0 radical (unpaired) electrons. The molecule has 1 aromatic carbocycles. The Balaban J connectivity index is 0.00000364. The van der Waals surface area contributed by atoms with Crippen LogP contribution >= 0.6 is 35.3 Å². The van der Waals surface area contributed by atoms with Crippen molar-refractivity contribution in [2.75, 3.05) is 34.8 Å². The van der Waals surface area contributed by atoms with Crippen LogP contribution in [-0.4, -0.2) is 56.5 Å². The van der Waals surface area contributed by atoms with Crippen LogP contribution in [0.1, 0.15) is 10.4 Å². The number of nitrogens with zero attached hydrogens (tertiary/aromatic N) is 3.